The summed E-state index contributed by atoms with van der Waals surface area (Å²) in [5.74, 6) is 2.62. The first-order chi connectivity index (χ1) is 14.3. The van der Waals surface area contributed by atoms with Crippen LogP contribution in [-0.2, 0) is 5.75 Å². The molecule has 5 aromatic rings. The van der Waals surface area contributed by atoms with E-state index in [1.165, 1.54) is 11.8 Å². The first kappa shape index (κ1) is 18.3. The lowest BCUT2D eigenvalue weighted by atomic mass is 10.3. The van der Waals surface area contributed by atoms with E-state index >= 15 is 0 Å². The number of furan rings is 1. The van der Waals surface area contributed by atoms with E-state index in [1.807, 2.05) is 52.4 Å². The summed E-state index contributed by atoms with van der Waals surface area (Å²) >= 11 is 6.38. The van der Waals surface area contributed by atoms with Crippen molar-refractivity contribution in [2.75, 3.05) is 0 Å². The van der Waals surface area contributed by atoms with Crippen LogP contribution in [0.5, 0.6) is 0 Å². The molecule has 0 amide bonds. The molecule has 0 bridgehead atoms. The Kier molecular flexibility index (Phi) is 5.04. The van der Waals surface area contributed by atoms with Crippen LogP contribution in [-0.4, -0.2) is 25.0 Å². The number of hydrogen-bond donors (Lipinski definition) is 0. The quantitative estimate of drug-likeness (QED) is 0.285. The monoisotopic (exact) mass is 485 g/mol. The molecule has 5 rings (SSSR count). The number of thiophene rings is 1. The van der Waals surface area contributed by atoms with Gasteiger partial charge in [-0.15, -0.1) is 31.7 Å². The third-order valence-corrected chi connectivity index (χ3v) is 6.17. The van der Waals surface area contributed by atoms with E-state index in [2.05, 4.69) is 36.3 Å². The molecule has 0 aliphatic rings. The van der Waals surface area contributed by atoms with Crippen molar-refractivity contribution in [3.63, 3.8) is 0 Å². The van der Waals surface area contributed by atoms with Crippen LogP contribution in [0.1, 0.15) is 5.89 Å². The van der Waals surface area contributed by atoms with Gasteiger partial charge in [0.05, 0.1) is 10.6 Å². The van der Waals surface area contributed by atoms with Crippen molar-refractivity contribution in [1.29, 1.82) is 0 Å². The van der Waals surface area contributed by atoms with Crippen molar-refractivity contribution >= 4 is 39.0 Å². The van der Waals surface area contributed by atoms with E-state index in [-0.39, 0.29) is 0 Å². The highest BCUT2D eigenvalue weighted by molar-refractivity contribution is 9.10. The standard InChI is InChI=1S/C19H12BrN5O2S2/c20-15-9-8-13(26-15)18-23-21-16(27-18)11-29-19-24-22-17(14-7-4-10-28-14)25(19)12-5-2-1-3-6-12/h1-10H,11H2. The molecule has 0 radical (unpaired) electrons. The SMILES string of the molecule is Brc1ccc(-c2nnc(CSc3nnc(-c4cccs4)n3-c3ccccc3)o2)o1. The van der Waals surface area contributed by atoms with E-state index in [9.17, 15) is 0 Å². The van der Waals surface area contributed by atoms with Gasteiger partial charge < -0.3 is 8.83 Å². The Morgan fingerprint density at radius 3 is 2.59 bits per heavy atom. The van der Waals surface area contributed by atoms with Gasteiger partial charge in [-0.1, -0.05) is 36.0 Å². The topological polar surface area (TPSA) is 82.8 Å². The first-order valence-corrected chi connectivity index (χ1v) is 11.2. The fraction of sp³-hybridized carbons (Fsp3) is 0.0526. The molecule has 7 nitrogen and oxygen atoms in total. The fourth-order valence-electron chi connectivity index (χ4n) is 2.71. The number of rotatable bonds is 6. The van der Waals surface area contributed by atoms with Gasteiger partial charge in [-0.3, -0.25) is 4.57 Å². The van der Waals surface area contributed by atoms with E-state index in [1.54, 1.807) is 23.5 Å². The second-order valence-electron chi connectivity index (χ2n) is 5.85. The highest BCUT2D eigenvalue weighted by Gasteiger charge is 2.18. The average molecular weight is 486 g/mol. The van der Waals surface area contributed by atoms with Crippen molar-refractivity contribution in [3.8, 4) is 28.0 Å². The zero-order chi connectivity index (χ0) is 19.6. The Labute approximate surface area is 181 Å². The fourth-order valence-corrected chi connectivity index (χ4v) is 4.50. The van der Waals surface area contributed by atoms with Crippen molar-refractivity contribution in [1.82, 2.24) is 25.0 Å². The van der Waals surface area contributed by atoms with Crippen molar-refractivity contribution in [3.05, 3.63) is 70.5 Å². The molecule has 0 saturated carbocycles. The molecule has 144 valence electrons. The maximum atomic E-state index is 5.72. The van der Waals surface area contributed by atoms with E-state index < -0.39 is 0 Å². The molecule has 0 fully saturated rings. The summed E-state index contributed by atoms with van der Waals surface area (Å²) in [6.45, 7) is 0. The molecule has 10 heteroatoms. The largest absolute Gasteiger partial charge is 0.444 e. The number of benzene rings is 1. The molecule has 4 heterocycles. The van der Waals surface area contributed by atoms with Gasteiger partial charge in [-0.2, -0.15) is 0 Å². The zero-order valence-corrected chi connectivity index (χ0v) is 17.9. The van der Waals surface area contributed by atoms with Crippen LogP contribution >= 0.6 is 39.0 Å². The molecule has 0 aliphatic heterocycles. The van der Waals surface area contributed by atoms with Gasteiger partial charge in [0.2, 0.25) is 5.89 Å². The predicted octanol–water partition coefficient (Wildman–Crippen LogP) is 5.69. The van der Waals surface area contributed by atoms with Gasteiger partial charge >= 0.3 is 0 Å². The zero-order valence-electron chi connectivity index (χ0n) is 14.7. The van der Waals surface area contributed by atoms with Gasteiger partial charge in [0, 0.05) is 5.69 Å². The highest BCUT2D eigenvalue weighted by atomic mass is 79.9. The molecule has 4 aromatic heterocycles. The highest BCUT2D eigenvalue weighted by Crippen LogP contribution is 2.32. The van der Waals surface area contributed by atoms with Crippen LogP contribution in [0.25, 0.3) is 28.0 Å². The number of aromatic nitrogens is 5. The van der Waals surface area contributed by atoms with Crippen molar-refractivity contribution < 1.29 is 8.83 Å². The Bertz CT molecular complexity index is 1230. The smallest absolute Gasteiger partial charge is 0.283 e. The summed E-state index contributed by atoms with van der Waals surface area (Å²) < 4.78 is 13.8. The number of hydrogen-bond acceptors (Lipinski definition) is 8. The number of nitrogens with zero attached hydrogens (tertiary/aromatic N) is 5. The van der Waals surface area contributed by atoms with Crippen LogP contribution in [0.3, 0.4) is 0 Å². The van der Waals surface area contributed by atoms with Gasteiger partial charge in [-0.05, 0) is 51.6 Å². The van der Waals surface area contributed by atoms with Gasteiger partial charge in [0.1, 0.15) is 0 Å². The molecule has 0 atom stereocenters. The first-order valence-electron chi connectivity index (χ1n) is 8.53. The van der Waals surface area contributed by atoms with E-state index in [0.717, 1.165) is 21.5 Å². The van der Waals surface area contributed by atoms with Gasteiger partial charge in [0.25, 0.3) is 5.89 Å². The second-order valence-corrected chi connectivity index (χ2v) is 8.52. The van der Waals surface area contributed by atoms with Gasteiger partial charge in [0.15, 0.2) is 21.4 Å². The summed E-state index contributed by atoms with van der Waals surface area (Å²) in [5.41, 5.74) is 0.995. The average Bonchev–Trinajstić information content (AvgIpc) is 3.52. The molecule has 29 heavy (non-hydrogen) atoms. The van der Waals surface area contributed by atoms with Crippen molar-refractivity contribution in [2.24, 2.45) is 0 Å². The molecule has 0 unspecified atom stereocenters. The third-order valence-electron chi connectivity index (χ3n) is 3.96. The summed E-state index contributed by atoms with van der Waals surface area (Å²) in [6, 6.07) is 17.6. The normalized spacial score (nSPS) is 11.2. The summed E-state index contributed by atoms with van der Waals surface area (Å²) in [7, 11) is 0. The van der Waals surface area contributed by atoms with Gasteiger partial charge in [-0.25, -0.2) is 0 Å². The van der Waals surface area contributed by atoms with Crippen LogP contribution in [0.15, 0.2) is 78.6 Å². The Balaban J connectivity index is 1.43. The number of thioether (sulfide) groups is 1. The minimum atomic E-state index is 0.343. The molecule has 0 saturated heterocycles. The minimum Gasteiger partial charge on any atom is -0.444 e. The molecule has 0 N–H and O–H groups in total. The number of para-hydroxylation sites is 1. The number of halogens is 1. The Morgan fingerprint density at radius 1 is 0.931 bits per heavy atom. The molecule has 0 aliphatic carbocycles. The maximum Gasteiger partial charge on any atom is 0.283 e. The van der Waals surface area contributed by atoms with Crippen molar-refractivity contribution in [2.45, 2.75) is 10.9 Å². The lowest BCUT2D eigenvalue weighted by Gasteiger charge is -2.08. The molecular weight excluding hydrogens is 474 g/mol. The lowest BCUT2D eigenvalue weighted by Crippen LogP contribution is -1.98. The molecule has 0 spiro atoms. The Hall–Kier alpha value is -2.69. The van der Waals surface area contributed by atoms with E-state index in [0.29, 0.717) is 28.0 Å². The summed E-state index contributed by atoms with van der Waals surface area (Å²) in [5, 5.41) is 19.8. The second kappa shape index (κ2) is 7.97. The van der Waals surface area contributed by atoms with Crippen LogP contribution in [0, 0.1) is 0 Å². The summed E-state index contributed by atoms with van der Waals surface area (Å²) in [4.78, 5) is 1.05. The summed E-state index contributed by atoms with van der Waals surface area (Å²) in [6.07, 6.45) is 0. The lowest BCUT2D eigenvalue weighted by molar-refractivity contribution is 0.486. The van der Waals surface area contributed by atoms with Crippen LogP contribution in [0.4, 0.5) is 0 Å². The molecular formula is C19H12BrN5O2S2. The van der Waals surface area contributed by atoms with E-state index in [4.69, 9.17) is 8.83 Å². The van der Waals surface area contributed by atoms with Crippen LogP contribution in [0.2, 0.25) is 0 Å². The minimum absolute atomic E-state index is 0.343. The molecule has 1 aromatic carbocycles. The Morgan fingerprint density at radius 2 is 1.83 bits per heavy atom. The predicted molar refractivity (Wildman–Crippen MR) is 114 cm³/mol. The van der Waals surface area contributed by atoms with Crippen LogP contribution < -0.4 is 0 Å². The maximum absolute atomic E-state index is 5.72. The third kappa shape index (κ3) is 3.78.